The van der Waals surface area contributed by atoms with Crippen LogP contribution in [-0.4, -0.2) is 12.6 Å². The molecule has 4 nitrogen and oxygen atoms in total. The quantitative estimate of drug-likeness (QED) is 0.668. The molecule has 1 aromatic carbocycles. The first-order valence-corrected chi connectivity index (χ1v) is 4.58. The second-order valence-electron chi connectivity index (χ2n) is 3.08. The normalized spacial score (nSPS) is 9.79. The zero-order valence-electron chi connectivity index (χ0n) is 7.99. The first-order chi connectivity index (χ1) is 6.72. The molecule has 0 fully saturated rings. The minimum absolute atomic E-state index is 0.541. The van der Waals surface area contributed by atoms with Crippen LogP contribution in [0.5, 0.6) is 0 Å². The molecule has 0 aliphatic heterocycles. The maximum Gasteiger partial charge on any atom is 0.316 e. The Morgan fingerprint density at radius 3 is 2.86 bits per heavy atom. The summed E-state index contributed by atoms with van der Waals surface area (Å²) in [6.07, 6.45) is 1.87. The van der Waals surface area contributed by atoms with E-state index in [1.54, 1.807) is 6.07 Å². The molecule has 0 saturated heterocycles. The van der Waals surface area contributed by atoms with Gasteiger partial charge in [-0.15, -0.1) is 0 Å². The van der Waals surface area contributed by atoms with E-state index < -0.39 is 6.03 Å². The molecule has 0 bridgehead atoms. The van der Waals surface area contributed by atoms with Gasteiger partial charge in [0.15, 0.2) is 0 Å². The number of rotatable bonds is 4. The van der Waals surface area contributed by atoms with E-state index in [0.717, 1.165) is 24.1 Å². The number of nitrogens with one attached hydrogen (secondary N) is 1. The van der Waals surface area contributed by atoms with Crippen LogP contribution in [0.25, 0.3) is 0 Å². The van der Waals surface area contributed by atoms with E-state index in [2.05, 4.69) is 5.32 Å². The minimum Gasteiger partial charge on any atom is -0.351 e. The fourth-order valence-corrected chi connectivity index (χ4v) is 1.25. The number of primary amides is 1. The molecule has 0 spiro atoms. The average molecular weight is 193 g/mol. The molecular weight excluding hydrogens is 178 g/mol. The largest absolute Gasteiger partial charge is 0.351 e. The highest BCUT2D eigenvalue weighted by molar-refractivity contribution is 5.87. The number of carbonyl (C=O) groups is 1. The summed E-state index contributed by atoms with van der Waals surface area (Å²) < 4.78 is 0. The molecule has 0 aromatic heterocycles. The van der Waals surface area contributed by atoms with Crippen molar-refractivity contribution in [3.8, 4) is 0 Å². The van der Waals surface area contributed by atoms with E-state index in [1.165, 1.54) is 0 Å². The highest BCUT2D eigenvalue weighted by Crippen LogP contribution is 2.11. The van der Waals surface area contributed by atoms with Gasteiger partial charge in [0.1, 0.15) is 0 Å². The molecule has 5 N–H and O–H groups in total. The van der Waals surface area contributed by atoms with Crippen LogP contribution in [0.15, 0.2) is 24.3 Å². The number of urea groups is 1. The van der Waals surface area contributed by atoms with Crippen molar-refractivity contribution in [1.82, 2.24) is 0 Å². The van der Waals surface area contributed by atoms with Crippen LogP contribution in [0.3, 0.4) is 0 Å². The monoisotopic (exact) mass is 193 g/mol. The number of amides is 2. The highest BCUT2D eigenvalue weighted by atomic mass is 16.2. The first-order valence-electron chi connectivity index (χ1n) is 4.58. The Morgan fingerprint density at radius 1 is 1.43 bits per heavy atom. The van der Waals surface area contributed by atoms with Gasteiger partial charge in [-0.1, -0.05) is 12.1 Å². The molecule has 4 heteroatoms. The van der Waals surface area contributed by atoms with Crippen molar-refractivity contribution in [1.29, 1.82) is 0 Å². The van der Waals surface area contributed by atoms with Gasteiger partial charge in [-0.2, -0.15) is 0 Å². The van der Waals surface area contributed by atoms with Crippen molar-refractivity contribution in [2.45, 2.75) is 12.8 Å². The number of anilines is 1. The standard InChI is InChI=1S/C10H15N3O/c11-6-2-4-8-3-1-5-9(7-8)13-10(12)14/h1,3,5,7H,2,4,6,11H2,(H3,12,13,14). The van der Waals surface area contributed by atoms with Crippen LogP contribution in [0.1, 0.15) is 12.0 Å². The van der Waals surface area contributed by atoms with Crippen LogP contribution < -0.4 is 16.8 Å². The molecule has 0 atom stereocenters. The SMILES string of the molecule is NCCCc1cccc(NC(N)=O)c1. The van der Waals surface area contributed by atoms with E-state index in [0.29, 0.717) is 6.54 Å². The van der Waals surface area contributed by atoms with Crippen LogP contribution in [-0.2, 0) is 6.42 Å². The second kappa shape index (κ2) is 5.24. The summed E-state index contributed by atoms with van der Waals surface area (Å²) in [7, 11) is 0. The molecule has 0 aliphatic carbocycles. The Kier molecular flexibility index (Phi) is 3.94. The third kappa shape index (κ3) is 3.45. The number of hydrogen-bond acceptors (Lipinski definition) is 2. The van der Waals surface area contributed by atoms with E-state index in [-0.39, 0.29) is 0 Å². The Hall–Kier alpha value is -1.55. The lowest BCUT2D eigenvalue weighted by molar-refractivity contribution is 0.259. The molecule has 0 aliphatic rings. The smallest absolute Gasteiger partial charge is 0.316 e. The Labute approximate surface area is 83.3 Å². The molecule has 0 unspecified atom stereocenters. The van der Waals surface area contributed by atoms with E-state index in [1.807, 2.05) is 18.2 Å². The molecule has 76 valence electrons. The zero-order chi connectivity index (χ0) is 10.4. The van der Waals surface area contributed by atoms with Gasteiger partial charge in [0.2, 0.25) is 0 Å². The predicted octanol–water partition coefficient (Wildman–Crippen LogP) is 1.07. The topological polar surface area (TPSA) is 81.1 Å². The molecule has 1 rings (SSSR count). The summed E-state index contributed by atoms with van der Waals surface area (Å²) in [4.78, 5) is 10.6. The maximum absolute atomic E-state index is 10.6. The van der Waals surface area contributed by atoms with Gasteiger partial charge in [0.25, 0.3) is 0 Å². The third-order valence-electron chi connectivity index (χ3n) is 1.86. The van der Waals surface area contributed by atoms with Crippen molar-refractivity contribution in [3.63, 3.8) is 0 Å². The van der Waals surface area contributed by atoms with Crippen LogP contribution in [0.2, 0.25) is 0 Å². The van der Waals surface area contributed by atoms with Crippen LogP contribution in [0.4, 0.5) is 10.5 Å². The lowest BCUT2D eigenvalue weighted by atomic mass is 10.1. The molecule has 0 saturated carbocycles. The molecule has 2 amide bonds. The van der Waals surface area contributed by atoms with Crippen molar-refractivity contribution in [2.75, 3.05) is 11.9 Å². The van der Waals surface area contributed by atoms with Crippen molar-refractivity contribution >= 4 is 11.7 Å². The fourth-order valence-electron chi connectivity index (χ4n) is 1.25. The lowest BCUT2D eigenvalue weighted by Crippen LogP contribution is -2.19. The van der Waals surface area contributed by atoms with Gasteiger partial charge in [0.05, 0.1) is 0 Å². The van der Waals surface area contributed by atoms with Crippen molar-refractivity contribution < 1.29 is 4.79 Å². The second-order valence-corrected chi connectivity index (χ2v) is 3.08. The van der Waals surface area contributed by atoms with Gasteiger partial charge in [0, 0.05) is 5.69 Å². The minimum atomic E-state index is -0.541. The number of carbonyl (C=O) groups excluding carboxylic acids is 1. The van der Waals surface area contributed by atoms with Crippen molar-refractivity contribution in [3.05, 3.63) is 29.8 Å². The van der Waals surface area contributed by atoms with Gasteiger partial charge in [-0.3, -0.25) is 0 Å². The average Bonchev–Trinajstić information content (AvgIpc) is 2.14. The number of aryl methyl sites for hydroxylation is 1. The molecule has 0 radical (unpaired) electrons. The van der Waals surface area contributed by atoms with Gasteiger partial charge >= 0.3 is 6.03 Å². The molecular formula is C10H15N3O. The Morgan fingerprint density at radius 2 is 2.21 bits per heavy atom. The maximum atomic E-state index is 10.6. The summed E-state index contributed by atoms with van der Waals surface area (Å²) in [6, 6.07) is 7.05. The van der Waals surface area contributed by atoms with E-state index >= 15 is 0 Å². The highest BCUT2D eigenvalue weighted by Gasteiger charge is 1.97. The lowest BCUT2D eigenvalue weighted by Gasteiger charge is -2.04. The van der Waals surface area contributed by atoms with Gasteiger partial charge in [-0.05, 0) is 37.1 Å². The molecule has 0 heterocycles. The van der Waals surface area contributed by atoms with Crippen LogP contribution >= 0.6 is 0 Å². The summed E-state index contributed by atoms with van der Waals surface area (Å²) in [5.41, 5.74) is 12.3. The van der Waals surface area contributed by atoms with E-state index in [9.17, 15) is 4.79 Å². The van der Waals surface area contributed by atoms with E-state index in [4.69, 9.17) is 11.5 Å². The summed E-state index contributed by atoms with van der Waals surface area (Å²) in [5, 5.41) is 2.53. The Balaban J connectivity index is 2.63. The number of benzene rings is 1. The third-order valence-corrected chi connectivity index (χ3v) is 1.86. The molecule has 1 aromatic rings. The van der Waals surface area contributed by atoms with Gasteiger partial charge in [-0.25, -0.2) is 4.79 Å². The Bertz CT molecular complexity index is 312. The first kappa shape index (κ1) is 10.5. The van der Waals surface area contributed by atoms with Crippen molar-refractivity contribution in [2.24, 2.45) is 11.5 Å². The molecule has 14 heavy (non-hydrogen) atoms. The zero-order valence-corrected chi connectivity index (χ0v) is 7.99. The summed E-state index contributed by atoms with van der Waals surface area (Å²) in [6.45, 7) is 0.674. The van der Waals surface area contributed by atoms with Crippen LogP contribution in [0, 0.1) is 0 Å². The number of nitrogens with two attached hydrogens (primary N) is 2. The van der Waals surface area contributed by atoms with Gasteiger partial charge < -0.3 is 16.8 Å². The predicted molar refractivity (Wildman–Crippen MR) is 57.0 cm³/mol. The fraction of sp³-hybridized carbons (Fsp3) is 0.300. The summed E-state index contributed by atoms with van der Waals surface area (Å²) in [5.74, 6) is 0. The number of hydrogen-bond donors (Lipinski definition) is 3. The summed E-state index contributed by atoms with van der Waals surface area (Å²) >= 11 is 0.